The molecule has 1 aliphatic rings. The quantitative estimate of drug-likeness (QED) is 0.924. The Morgan fingerprint density at radius 1 is 1.62 bits per heavy atom. The van der Waals surface area contributed by atoms with Crippen LogP contribution in [0.15, 0.2) is 27.8 Å². The molecule has 0 aliphatic carbocycles. The molecule has 1 N–H and O–H groups in total. The number of halogens is 1. The molecule has 0 saturated heterocycles. The van der Waals surface area contributed by atoms with Gasteiger partial charge in [0.15, 0.2) is 6.10 Å². The molecule has 2 rings (SSSR count). The Kier molecular flexibility index (Phi) is 3.46. The maximum atomic E-state index is 8.97. The molecule has 0 amide bonds. The second-order valence-electron chi connectivity index (χ2n) is 3.50. The summed E-state index contributed by atoms with van der Waals surface area (Å²) in [6.45, 7) is -0.0193. The number of ether oxygens (including phenoxy) is 1. The normalized spacial score (nSPS) is 19.2. The van der Waals surface area contributed by atoms with Gasteiger partial charge in [0.05, 0.1) is 19.4 Å². The second-order valence-corrected chi connectivity index (χ2v) is 4.35. The van der Waals surface area contributed by atoms with Crippen molar-refractivity contribution in [2.45, 2.75) is 12.5 Å². The summed E-state index contributed by atoms with van der Waals surface area (Å²) in [7, 11) is 1.62. The van der Waals surface area contributed by atoms with Crippen molar-refractivity contribution < 1.29 is 14.7 Å². The summed E-state index contributed by atoms with van der Waals surface area (Å²) in [5, 5.41) is 12.9. The fourth-order valence-electron chi connectivity index (χ4n) is 1.54. The van der Waals surface area contributed by atoms with Gasteiger partial charge in [0.1, 0.15) is 5.75 Å². The molecule has 0 saturated carbocycles. The standard InChI is InChI=1S/C11H12BrNO3/c1-15-7-2-3-10(12)9(4-7)11-5-8(6-14)16-13-11/h2-4,8,14H,5-6H2,1H3. The van der Waals surface area contributed by atoms with Crippen LogP contribution >= 0.6 is 15.9 Å². The number of hydrogen-bond donors (Lipinski definition) is 1. The summed E-state index contributed by atoms with van der Waals surface area (Å²) in [4.78, 5) is 5.07. The predicted molar refractivity (Wildman–Crippen MR) is 63.8 cm³/mol. The van der Waals surface area contributed by atoms with E-state index in [0.717, 1.165) is 21.5 Å². The molecule has 86 valence electrons. The van der Waals surface area contributed by atoms with E-state index in [1.165, 1.54) is 0 Å². The molecule has 1 unspecified atom stereocenters. The molecule has 0 radical (unpaired) electrons. The highest BCUT2D eigenvalue weighted by molar-refractivity contribution is 9.10. The summed E-state index contributed by atoms with van der Waals surface area (Å²) < 4.78 is 6.10. The van der Waals surface area contributed by atoms with Crippen LogP contribution in [0.4, 0.5) is 0 Å². The van der Waals surface area contributed by atoms with Gasteiger partial charge in [-0.15, -0.1) is 0 Å². The molecular weight excluding hydrogens is 274 g/mol. The summed E-state index contributed by atoms with van der Waals surface area (Å²) in [5.74, 6) is 0.772. The molecule has 0 aromatic heterocycles. The number of oxime groups is 1. The van der Waals surface area contributed by atoms with Crippen LogP contribution in [0.5, 0.6) is 5.75 Å². The van der Waals surface area contributed by atoms with Crippen molar-refractivity contribution >= 4 is 21.6 Å². The van der Waals surface area contributed by atoms with Crippen LogP contribution in [-0.4, -0.2) is 30.6 Å². The Labute approximate surface area is 102 Å². The van der Waals surface area contributed by atoms with E-state index in [2.05, 4.69) is 21.1 Å². The fourth-order valence-corrected chi connectivity index (χ4v) is 2.01. The maximum absolute atomic E-state index is 8.97. The van der Waals surface area contributed by atoms with Crippen molar-refractivity contribution in [1.82, 2.24) is 0 Å². The van der Waals surface area contributed by atoms with Crippen molar-refractivity contribution in [3.8, 4) is 5.75 Å². The number of methoxy groups -OCH3 is 1. The first kappa shape index (κ1) is 11.4. The third-order valence-electron chi connectivity index (χ3n) is 2.42. The van der Waals surface area contributed by atoms with E-state index in [9.17, 15) is 0 Å². The SMILES string of the molecule is COc1ccc(Br)c(C2=NOC(CO)C2)c1. The molecule has 1 heterocycles. The van der Waals surface area contributed by atoms with Crippen molar-refractivity contribution in [1.29, 1.82) is 0 Å². The lowest BCUT2D eigenvalue weighted by Gasteiger charge is -2.06. The van der Waals surface area contributed by atoms with E-state index in [1.54, 1.807) is 7.11 Å². The molecule has 5 heteroatoms. The Balaban J connectivity index is 2.27. The molecule has 0 bridgehead atoms. The highest BCUT2D eigenvalue weighted by Gasteiger charge is 2.22. The van der Waals surface area contributed by atoms with Gasteiger partial charge in [-0.05, 0) is 18.2 Å². The molecule has 0 spiro atoms. The lowest BCUT2D eigenvalue weighted by atomic mass is 10.1. The number of nitrogens with zero attached hydrogens (tertiary/aromatic N) is 1. The van der Waals surface area contributed by atoms with Crippen LogP contribution in [-0.2, 0) is 4.84 Å². The minimum Gasteiger partial charge on any atom is -0.497 e. The monoisotopic (exact) mass is 285 g/mol. The fraction of sp³-hybridized carbons (Fsp3) is 0.364. The van der Waals surface area contributed by atoms with Crippen molar-refractivity contribution in [2.75, 3.05) is 13.7 Å². The van der Waals surface area contributed by atoms with Gasteiger partial charge in [-0.3, -0.25) is 0 Å². The smallest absolute Gasteiger partial charge is 0.156 e. The zero-order chi connectivity index (χ0) is 11.5. The van der Waals surface area contributed by atoms with Crippen LogP contribution in [0.2, 0.25) is 0 Å². The summed E-state index contributed by atoms with van der Waals surface area (Å²) in [6.07, 6.45) is 0.385. The Hall–Kier alpha value is -1.07. The minimum atomic E-state index is -0.229. The van der Waals surface area contributed by atoms with Crippen molar-refractivity contribution in [2.24, 2.45) is 5.16 Å². The zero-order valence-corrected chi connectivity index (χ0v) is 10.4. The average Bonchev–Trinajstić information content (AvgIpc) is 2.78. The number of rotatable bonds is 3. The van der Waals surface area contributed by atoms with E-state index in [-0.39, 0.29) is 12.7 Å². The van der Waals surface area contributed by atoms with E-state index in [0.29, 0.717) is 6.42 Å². The van der Waals surface area contributed by atoms with E-state index < -0.39 is 0 Å². The Morgan fingerprint density at radius 2 is 2.44 bits per heavy atom. The van der Waals surface area contributed by atoms with Crippen LogP contribution < -0.4 is 4.74 Å². The van der Waals surface area contributed by atoms with Crippen LogP contribution in [0.3, 0.4) is 0 Å². The third kappa shape index (κ3) is 2.20. The van der Waals surface area contributed by atoms with Crippen LogP contribution in [0.25, 0.3) is 0 Å². The lowest BCUT2D eigenvalue weighted by Crippen LogP contribution is -2.13. The highest BCUT2D eigenvalue weighted by Crippen LogP contribution is 2.27. The largest absolute Gasteiger partial charge is 0.497 e. The zero-order valence-electron chi connectivity index (χ0n) is 8.81. The highest BCUT2D eigenvalue weighted by atomic mass is 79.9. The first-order chi connectivity index (χ1) is 7.74. The molecule has 4 nitrogen and oxygen atoms in total. The Bertz CT molecular complexity index is 420. The summed E-state index contributed by atoms with van der Waals surface area (Å²) in [6, 6.07) is 5.67. The molecular formula is C11H12BrNO3. The minimum absolute atomic E-state index is 0.0193. The first-order valence-corrected chi connectivity index (χ1v) is 5.71. The van der Waals surface area contributed by atoms with Gasteiger partial charge in [0, 0.05) is 16.5 Å². The Morgan fingerprint density at radius 3 is 3.06 bits per heavy atom. The van der Waals surface area contributed by atoms with Gasteiger partial charge in [-0.1, -0.05) is 21.1 Å². The molecule has 0 fully saturated rings. The summed E-state index contributed by atoms with van der Waals surface area (Å²) >= 11 is 3.46. The average molecular weight is 286 g/mol. The van der Waals surface area contributed by atoms with Gasteiger partial charge in [-0.2, -0.15) is 0 Å². The topological polar surface area (TPSA) is 51.0 Å². The number of hydrogen-bond acceptors (Lipinski definition) is 4. The number of aliphatic hydroxyl groups is 1. The van der Waals surface area contributed by atoms with Gasteiger partial charge in [-0.25, -0.2) is 0 Å². The van der Waals surface area contributed by atoms with Gasteiger partial charge < -0.3 is 14.7 Å². The number of benzene rings is 1. The first-order valence-electron chi connectivity index (χ1n) is 4.92. The van der Waals surface area contributed by atoms with Gasteiger partial charge in [0.25, 0.3) is 0 Å². The van der Waals surface area contributed by atoms with Crippen molar-refractivity contribution in [3.63, 3.8) is 0 Å². The van der Waals surface area contributed by atoms with E-state index in [4.69, 9.17) is 14.7 Å². The molecule has 1 aliphatic heterocycles. The predicted octanol–water partition coefficient (Wildman–Crippen LogP) is 1.94. The third-order valence-corrected chi connectivity index (χ3v) is 3.11. The van der Waals surface area contributed by atoms with E-state index in [1.807, 2.05) is 18.2 Å². The maximum Gasteiger partial charge on any atom is 0.156 e. The van der Waals surface area contributed by atoms with Crippen molar-refractivity contribution in [3.05, 3.63) is 28.2 Å². The van der Waals surface area contributed by atoms with Gasteiger partial charge >= 0.3 is 0 Å². The lowest BCUT2D eigenvalue weighted by molar-refractivity contribution is 0.0390. The molecule has 1 aromatic carbocycles. The molecule has 1 aromatic rings. The second kappa shape index (κ2) is 4.84. The van der Waals surface area contributed by atoms with Gasteiger partial charge in [0.2, 0.25) is 0 Å². The van der Waals surface area contributed by atoms with Crippen LogP contribution in [0.1, 0.15) is 12.0 Å². The molecule has 16 heavy (non-hydrogen) atoms. The van der Waals surface area contributed by atoms with Crippen LogP contribution in [0, 0.1) is 0 Å². The number of aliphatic hydroxyl groups excluding tert-OH is 1. The molecule has 1 atom stereocenters. The van der Waals surface area contributed by atoms with E-state index >= 15 is 0 Å². The summed E-state index contributed by atoms with van der Waals surface area (Å²) in [5.41, 5.74) is 1.76.